The number of benzene rings is 2. The van der Waals surface area contributed by atoms with E-state index in [1.165, 1.54) is 19.8 Å². The van der Waals surface area contributed by atoms with Gasteiger partial charge >= 0.3 is 11.9 Å². The van der Waals surface area contributed by atoms with Crippen LogP contribution in [0.4, 0.5) is 0 Å². The second-order valence-corrected chi connectivity index (χ2v) is 8.74. The summed E-state index contributed by atoms with van der Waals surface area (Å²) in [6.07, 6.45) is 7.67. The molecular weight excluding hydrogens is 444 g/mol. The Bertz CT molecular complexity index is 1020. The van der Waals surface area contributed by atoms with E-state index in [-0.39, 0.29) is 17.7 Å². The van der Waals surface area contributed by atoms with Gasteiger partial charge in [-0.25, -0.2) is 9.59 Å². The molecule has 0 unspecified atom stereocenters. The Morgan fingerprint density at radius 2 is 1.63 bits per heavy atom. The lowest BCUT2D eigenvalue weighted by atomic mass is 9.91. The molecule has 35 heavy (non-hydrogen) atoms. The number of aliphatic hydroxyl groups is 1. The van der Waals surface area contributed by atoms with E-state index in [1.54, 1.807) is 18.2 Å². The van der Waals surface area contributed by atoms with Crippen molar-refractivity contribution in [1.29, 1.82) is 0 Å². The van der Waals surface area contributed by atoms with Gasteiger partial charge in [0.1, 0.15) is 12.4 Å². The van der Waals surface area contributed by atoms with Crippen LogP contribution in [-0.4, -0.2) is 36.9 Å². The molecule has 0 saturated heterocycles. The summed E-state index contributed by atoms with van der Waals surface area (Å²) >= 11 is 0. The van der Waals surface area contributed by atoms with Gasteiger partial charge < -0.3 is 19.3 Å². The van der Waals surface area contributed by atoms with E-state index in [0.29, 0.717) is 5.75 Å². The minimum atomic E-state index is -0.607. The number of hydrogen-bond acceptors (Lipinski definition) is 6. The minimum Gasteiger partial charge on any atom is -0.489 e. The molecule has 0 aliphatic rings. The zero-order chi connectivity index (χ0) is 25.8. The zero-order valence-electron chi connectivity index (χ0n) is 21.6. The molecule has 2 rings (SSSR count). The normalized spacial score (nSPS) is 11.8. The average molecular weight is 483 g/mol. The first-order chi connectivity index (χ1) is 16.8. The van der Waals surface area contributed by atoms with Crippen LogP contribution in [0.2, 0.25) is 0 Å². The first kappa shape index (κ1) is 28.1. The molecule has 0 atom stereocenters. The number of esters is 2. The van der Waals surface area contributed by atoms with Gasteiger partial charge in [-0.3, -0.25) is 0 Å². The average Bonchev–Trinajstić information content (AvgIpc) is 2.90. The van der Waals surface area contributed by atoms with E-state index in [4.69, 9.17) is 14.2 Å². The maximum Gasteiger partial charge on any atom is 0.338 e. The predicted molar refractivity (Wildman–Crippen MR) is 138 cm³/mol. The van der Waals surface area contributed by atoms with Crippen molar-refractivity contribution in [3.8, 4) is 5.75 Å². The fourth-order valence-electron chi connectivity index (χ4n) is 3.88. The molecule has 0 bridgehead atoms. The van der Waals surface area contributed by atoms with E-state index >= 15 is 0 Å². The number of unbranched alkanes of at least 4 members (excludes halogenated alkanes) is 2. The van der Waals surface area contributed by atoms with Crippen molar-refractivity contribution in [2.24, 2.45) is 0 Å². The molecule has 0 aliphatic carbocycles. The van der Waals surface area contributed by atoms with Gasteiger partial charge in [-0.2, -0.15) is 0 Å². The van der Waals surface area contributed by atoms with Gasteiger partial charge in [-0.1, -0.05) is 44.5 Å². The topological polar surface area (TPSA) is 82.1 Å². The van der Waals surface area contributed by atoms with Gasteiger partial charge in [0.15, 0.2) is 0 Å². The smallest absolute Gasteiger partial charge is 0.338 e. The molecule has 0 aliphatic heterocycles. The second kappa shape index (κ2) is 13.7. The van der Waals surface area contributed by atoms with Crippen molar-refractivity contribution >= 4 is 17.5 Å². The van der Waals surface area contributed by atoms with E-state index in [9.17, 15) is 14.7 Å². The Morgan fingerprint density at radius 3 is 2.29 bits per heavy atom. The van der Waals surface area contributed by atoms with Gasteiger partial charge in [-0.05, 0) is 80.0 Å². The fraction of sp³-hybridized carbons (Fsp3) is 0.448. The van der Waals surface area contributed by atoms with Crippen LogP contribution in [0.15, 0.2) is 48.5 Å². The first-order valence-electron chi connectivity index (χ1n) is 12.2. The summed E-state index contributed by atoms with van der Waals surface area (Å²) in [6.45, 7) is 6.40. The lowest BCUT2D eigenvalue weighted by molar-refractivity contribution is 0.0213. The molecule has 0 aromatic heterocycles. The molecule has 6 nitrogen and oxygen atoms in total. The van der Waals surface area contributed by atoms with Crippen molar-refractivity contribution in [1.82, 2.24) is 0 Å². The lowest BCUT2D eigenvalue weighted by Crippen LogP contribution is -2.26. The highest BCUT2D eigenvalue weighted by atomic mass is 16.5. The van der Waals surface area contributed by atoms with Crippen molar-refractivity contribution in [2.75, 3.05) is 14.2 Å². The highest BCUT2D eigenvalue weighted by molar-refractivity contribution is 6.03. The molecular formula is C29H38O6. The summed E-state index contributed by atoms with van der Waals surface area (Å²) in [4.78, 5) is 24.1. The van der Waals surface area contributed by atoms with Crippen LogP contribution in [-0.2, 0) is 16.1 Å². The van der Waals surface area contributed by atoms with Crippen LogP contribution < -0.4 is 4.74 Å². The SMILES string of the molecule is CCC(O)(CC)CCCCC=C(C)c1cccc(OCc2ccc(C(=O)OC)c(C(=O)OC)c2)c1. The molecule has 0 spiro atoms. The number of ether oxygens (including phenoxy) is 3. The van der Waals surface area contributed by atoms with Crippen LogP contribution in [0, 0.1) is 0 Å². The lowest BCUT2D eigenvalue weighted by Gasteiger charge is -2.24. The molecule has 0 radical (unpaired) electrons. The van der Waals surface area contributed by atoms with Gasteiger partial charge in [-0.15, -0.1) is 0 Å². The van der Waals surface area contributed by atoms with Gasteiger partial charge in [0.05, 0.1) is 30.9 Å². The summed E-state index contributed by atoms with van der Waals surface area (Å²) in [6, 6.07) is 12.7. The standard InChI is InChI=1S/C29H38O6/c1-6-29(32,7-2)17-10-8-9-12-21(3)23-13-11-14-24(19-23)35-20-22-15-16-25(27(30)33-4)26(18-22)28(31)34-5/h11-16,18-19,32H,6-10,17,20H2,1-5H3. The van der Waals surface area contributed by atoms with Crippen LogP contribution >= 0.6 is 0 Å². The van der Waals surface area contributed by atoms with E-state index in [1.807, 2.05) is 38.1 Å². The third-order valence-electron chi connectivity index (χ3n) is 6.45. The number of allylic oxidation sites excluding steroid dienone is 2. The highest BCUT2D eigenvalue weighted by Crippen LogP contribution is 2.25. The number of hydrogen-bond donors (Lipinski definition) is 1. The number of methoxy groups -OCH3 is 2. The third kappa shape index (κ3) is 8.25. The second-order valence-electron chi connectivity index (χ2n) is 8.74. The Hall–Kier alpha value is -3.12. The summed E-state index contributed by atoms with van der Waals surface area (Å²) in [5, 5.41) is 10.4. The van der Waals surface area contributed by atoms with Gasteiger partial charge in [0.25, 0.3) is 0 Å². The number of rotatable bonds is 13. The Morgan fingerprint density at radius 1 is 0.943 bits per heavy atom. The quantitative estimate of drug-likeness (QED) is 0.264. The van der Waals surface area contributed by atoms with Crippen LogP contribution in [0.3, 0.4) is 0 Å². The Balaban J connectivity index is 2.00. The van der Waals surface area contributed by atoms with Crippen molar-refractivity contribution in [2.45, 2.75) is 71.5 Å². The largest absolute Gasteiger partial charge is 0.489 e. The first-order valence-corrected chi connectivity index (χ1v) is 12.2. The van der Waals surface area contributed by atoms with Crippen molar-refractivity contribution < 1.29 is 28.9 Å². The molecule has 2 aromatic carbocycles. The predicted octanol–water partition coefficient (Wildman–Crippen LogP) is 6.35. The van der Waals surface area contributed by atoms with E-state index < -0.39 is 17.5 Å². The molecule has 0 fully saturated rings. The van der Waals surface area contributed by atoms with Crippen LogP contribution in [0.5, 0.6) is 5.75 Å². The van der Waals surface area contributed by atoms with Crippen molar-refractivity contribution in [3.05, 3.63) is 70.8 Å². The Labute approximate surface area is 208 Å². The third-order valence-corrected chi connectivity index (χ3v) is 6.45. The van der Waals surface area contributed by atoms with Crippen LogP contribution in [0.1, 0.15) is 91.1 Å². The summed E-state index contributed by atoms with van der Waals surface area (Å²) < 4.78 is 15.5. The summed E-state index contributed by atoms with van der Waals surface area (Å²) in [5.74, 6) is -0.494. The summed E-state index contributed by atoms with van der Waals surface area (Å²) in [7, 11) is 2.53. The zero-order valence-corrected chi connectivity index (χ0v) is 21.6. The molecule has 1 N–H and O–H groups in total. The van der Waals surface area contributed by atoms with Crippen molar-refractivity contribution in [3.63, 3.8) is 0 Å². The molecule has 6 heteroatoms. The number of carbonyl (C=O) groups is 2. The molecule has 2 aromatic rings. The highest BCUT2D eigenvalue weighted by Gasteiger charge is 2.21. The maximum atomic E-state index is 12.1. The van der Waals surface area contributed by atoms with E-state index in [2.05, 4.69) is 13.0 Å². The maximum absolute atomic E-state index is 12.1. The van der Waals surface area contributed by atoms with Gasteiger partial charge in [0, 0.05) is 0 Å². The molecule has 0 heterocycles. The molecule has 0 amide bonds. The van der Waals surface area contributed by atoms with E-state index in [0.717, 1.165) is 49.7 Å². The van der Waals surface area contributed by atoms with Gasteiger partial charge in [0.2, 0.25) is 0 Å². The Kier molecular flexibility index (Phi) is 11.0. The fourth-order valence-corrected chi connectivity index (χ4v) is 3.88. The monoisotopic (exact) mass is 482 g/mol. The number of carbonyl (C=O) groups excluding carboxylic acids is 2. The minimum absolute atomic E-state index is 0.143. The molecule has 190 valence electrons. The van der Waals surface area contributed by atoms with Crippen LogP contribution in [0.25, 0.3) is 5.57 Å². The summed E-state index contributed by atoms with van der Waals surface area (Å²) in [5.41, 5.74) is 2.75. The molecule has 0 saturated carbocycles.